The number of rotatable bonds is 11. The van der Waals surface area contributed by atoms with E-state index in [9.17, 15) is 19.5 Å². The molecule has 8 heteroatoms. The van der Waals surface area contributed by atoms with Crippen molar-refractivity contribution < 1.29 is 29.0 Å². The third-order valence-corrected chi connectivity index (χ3v) is 6.36. The lowest BCUT2D eigenvalue weighted by molar-refractivity contribution is -0.139. The van der Waals surface area contributed by atoms with Gasteiger partial charge in [-0.05, 0) is 47.9 Å². The Labute approximate surface area is 198 Å². The summed E-state index contributed by atoms with van der Waals surface area (Å²) in [7, 11) is 0. The Balaban J connectivity index is 1.29. The van der Waals surface area contributed by atoms with Gasteiger partial charge in [-0.15, -0.1) is 0 Å². The molecule has 3 N–H and O–H groups in total. The number of aliphatic carboxylic acids is 1. The van der Waals surface area contributed by atoms with Crippen LogP contribution < -0.4 is 10.6 Å². The second-order valence-electron chi connectivity index (χ2n) is 8.69. The minimum atomic E-state index is -1.22. The van der Waals surface area contributed by atoms with Gasteiger partial charge in [-0.25, -0.2) is 4.79 Å². The Morgan fingerprint density at radius 2 is 1.65 bits per heavy atom. The lowest BCUT2D eigenvalue weighted by Gasteiger charge is -2.25. The lowest BCUT2D eigenvalue weighted by Crippen LogP contribution is -2.48. The largest absolute Gasteiger partial charge is 0.481 e. The van der Waals surface area contributed by atoms with Gasteiger partial charge < -0.3 is 25.2 Å². The average Bonchev–Trinajstić information content (AvgIpc) is 3.11. The maximum atomic E-state index is 12.5. The number of fused-ring (bicyclic) bond motifs is 3. The molecule has 4 rings (SSSR count). The quantitative estimate of drug-likeness (QED) is 0.437. The number of alkyl carbamates (subject to hydrolysis) is 1. The molecule has 2 aliphatic carbocycles. The Morgan fingerprint density at radius 3 is 2.24 bits per heavy atom. The first-order valence-electron chi connectivity index (χ1n) is 11.8. The number of carboxylic acids is 1. The van der Waals surface area contributed by atoms with E-state index >= 15 is 0 Å². The molecule has 180 valence electrons. The topological polar surface area (TPSA) is 114 Å². The van der Waals surface area contributed by atoms with Crippen LogP contribution in [-0.2, 0) is 19.1 Å². The third kappa shape index (κ3) is 5.75. The van der Waals surface area contributed by atoms with Gasteiger partial charge in [0.15, 0.2) is 0 Å². The fourth-order valence-electron chi connectivity index (χ4n) is 4.36. The van der Waals surface area contributed by atoms with Crippen molar-refractivity contribution in [2.45, 2.75) is 50.2 Å². The maximum Gasteiger partial charge on any atom is 0.407 e. The molecule has 2 aromatic carbocycles. The SMILES string of the molecule is O=C(O)CC(NC(=O)OCC1c2ccccc2-c2ccccc21)C(=O)NCCCOC1CCC1. The number of ether oxygens (including phenoxy) is 2. The van der Waals surface area contributed by atoms with Gasteiger partial charge in [0.05, 0.1) is 12.5 Å². The summed E-state index contributed by atoms with van der Waals surface area (Å²) in [5, 5.41) is 14.3. The summed E-state index contributed by atoms with van der Waals surface area (Å²) in [5.74, 6) is -1.87. The Hall–Kier alpha value is -3.39. The third-order valence-electron chi connectivity index (χ3n) is 6.36. The zero-order chi connectivity index (χ0) is 23.9. The van der Waals surface area contributed by atoms with Crippen molar-refractivity contribution in [3.63, 3.8) is 0 Å². The molecule has 0 aromatic heterocycles. The molecular formula is C26H30N2O6. The van der Waals surface area contributed by atoms with E-state index in [1.165, 1.54) is 6.42 Å². The van der Waals surface area contributed by atoms with Crippen LogP contribution >= 0.6 is 0 Å². The van der Waals surface area contributed by atoms with E-state index in [4.69, 9.17) is 9.47 Å². The van der Waals surface area contributed by atoms with Crippen molar-refractivity contribution in [3.8, 4) is 11.1 Å². The van der Waals surface area contributed by atoms with Crippen molar-refractivity contribution in [1.82, 2.24) is 10.6 Å². The molecule has 1 fully saturated rings. The molecular weight excluding hydrogens is 436 g/mol. The number of hydrogen-bond acceptors (Lipinski definition) is 5. The zero-order valence-electron chi connectivity index (χ0n) is 19.0. The first-order valence-corrected chi connectivity index (χ1v) is 11.8. The Morgan fingerprint density at radius 1 is 1.00 bits per heavy atom. The van der Waals surface area contributed by atoms with Crippen LogP contribution in [0.4, 0.5) is 4.79 Å². The first-order chi connectivity index (χ1) is 16.5. The van der Waals surface area contributed by atoms with Crippen molar-refractivity contribution in [2.24, 2.45) is 0 Å². The van der Waals surface area contributed by atoms with Crippen LogP contribution in [0.2, 0.25) is 0 Å². The normalized spacial score (nSPS) is 15.5. The molecule has 0 spiro atoms. The lowest BCUT2D eigenvalue weighted by atomic mass is 9.96. The van der Waals surface area contributed by atoms with Crippen molar-refractivity contribution in [2.75, 3.05) is 19.8 Å². The predicted octanol–water partition coefficient (Wildman–Crippen LogP) is 3.44. The second-order valence-corrected chi connectivity index (χ2v) is 8.69. The summed E-state index contributed by atoms with van der Waals surface area (Å²) >= 11 is 0. The molecule has 0 bridgehead atoms. The van der Waals surface area contributed by atoms with Gasteiger partial charge >= 0.3 is 12.1 Å². The van der Waals surface area contributed by atoms with Gasteiger partial charge in [-0.2, -0.15) is 0 Å². The fraction of sp³-hybridized carbons (Fsp3) is 0.423. The number of hydrogen-bond donors (Lipinski definition) is 3. The number of nitrogens with one attached hydrogen (secondary N) is 2. The van der Waals surface area contributed by atoms with Crippen LogP contribution in [0.15, 0.2) is 48.5 Å². The molecule has 0 radical (unpaired) electrons. The van der Waals surface area contributed by atoms with Crippen LogP contribution in [0, 0.1) is 0 Å². The van der Waals surface area contributed by atoms with Gasteiger partial charge in [-0.1, -0.05) is 48.5 Å². The van der Waals surface area contributed by atoms with Crippen molar-refractivity contribution in [1.29, 1.82) is 0 Å². The molecule has 0 aliphatic heterocycles. The van der Waals surface area contributed by atoms with Crippen LogP contribution in [0.5, 0.6) is 0 Å². The molecule has 34 heavy (non-hydrogen) atoms. The summed E-state index contributed by atoms with van der Waals surface area (Å²) in [4.78, 5) is 36.2. The standard InChI is InChI=1S/C26H30N2O6/c29-24(30)15-23(25(31)27-13-6-14-33-17-7-5-8-17)28-26(32)34-16-22-20-11-3-1-9-18(20)19-10-2-4-12-21(19)22/h1-4,9-12,17,22-23H,5-8,13-16H2,(H,27,31)(H,28,32)(H,29,30). The Bertz CT molecular complexity index is 990. The minimum absolute atomic E-state index is 0.0831. The molecule has 0 heterocycles. The van der Waals surface area contributed by atoms with E-state index in [2.05, 4.69) is 10.6 Å². The van der Waals surface area contributed by atoms with Crippen molar-refractivity contribution >= 4 is 18.0 Å². The summed E-state index contributed by atoms with van der Waals surface area (Å²) in [6.07, 6.45) is 2.94. The van der Waals surface area contributed by atoms with E-state index in [0.717, 1.165) is 35.1 Å². The minimum Gasteiger partial charge on any atom is -0.481 e. The summed E-state index contributed by atoms with van der Waals surface area (Å²) in [6, 6.07) is 14.7. The van der Waals surface area contributed by atoms with Crippen LogP contribution in [0.25, 0.3) is 11.1 Å². The molecule has 1 atom stereocenters. The second kappa shape index (κ2) is 11.2. The molecule has 8 nitrogen and oxygen atoms in total. The van der Waals surface area contributed by atoms with E-state index in [1.807, 2.05) is 48.5 Å². The highest BCUT2D eigenvalue weighted by Crippen LogP contribution is 2.44. The highest BCUT2D eigenvalue weighted by atomic mass is 16.5. The number of amides is 2. The van der Waals surface area contributed by atoms with Gasteiger partial charge in [0, 0.05) is 19.1 Å². The van der Waals surface area contributed by atoms with Crippen molar-refractivity contribution in [3.05, 3.63) is 59.7 Å². The molecule has 2 aromatic rings. The predicted molar refractivity (Wildman–Crippen MR) is 125 cm³/mol. The van der Waals surface area contributed by atoms with Crippen LogP contribution in [-0.4, -0.2) is 55.0 Å². The number of benzene rings is 2. The van der Waals surface area contributed by atoms with Crippen LogP contribution in [0.3, 0.4) is 0 Å². The molecule has 1 unspecified atom stereocenters. The molecule has 2 amide bonds. The zero-order valence-corrected chi connectivity index (χ0v) is 19.0. The highest BCUT2D eigenvalue weighted by molar-refractivity contribution is 5.89. The molecule has 2 aliphatic rings. The summed E-state index contributed by atoms with van der Waals surface area (Å²) < 4.78 is 11.1. The van der Waals surface area contributed by atoms with E-state index < -0.39 is 30.4 Å². The highest BCUT2D eigenvalue weighted by Gasteiger charge is 2.30. The molecule has 1 saturated carbocycles. The number of carboxylic acid groups (broad SMARTS) is 1. The van der Waals surface area contributed by atoms with Gasteiger partial charge in [0.1, 0.15) is 12.6 Å². The summed E-state index contributed by atoms with van der Waals surface area (Å²) in [6.45, 7) is 0.960. The Kier molecular flexibility index (Phi) is 7.80. The first kappa shape index (κ1) is 23.8. The van der Waals surface area contributed by atoms with Gasteiger partial charge in [0.2, 0.25) is 5.91 Å². The van der Waals surface area contributed by atoms with E-state index in [0.29, 0.717) is 25.7 Å². The number of carbonyl (C=O) groups is 3. The maximum absolute atomic E-state index is 12.5. The average molecular weight is 467 g/mol. The van der Waals surface area contributed by atoms with E-state index in [1.54, 1.807) is 0 Å². The van der Waals surface area contributed by atoms with E-state index in [-0.39, 0.29) is 12.5 Å². The van der Waals surface area contributed by atoms with Gasteiger partial charge in [0.25, 0.3) is 0 Å². The molecule has 0 saturated heterocycles. The number of carbonyl (C=O) groups excluding carboxylic acids is 2. The van der Waals surface area contributed by atoms with Crippen LogP contribution in [0.1, 0.15) is 49.1 Å². The summed E-state index contributed by atoms with van der Waals surface area (Å²) in [5.41, 5.74) is 4.36. The monoisotopic (exact) mass is 466 g/mol. The fourth-order valence-corrected chi connectivity index (χ4v) is 4.36. The smallest absolute Gasteiger partial charge is 0.407 e. The van der Waals surface area contributed by atoms with Gasteiger partial charge in [-0.3, -0.25) is 9.59 Å².